The van der Waals surface area contributed by atoms with Gasteiger partial charge in [-0.15, -0.1) is 0 Å². The Labute approximate surface area is 183 Å². The number of para-hydroxylation sites is 1. The number of benzene rings is 2. The Morgan fingerprint density at radius 1 is 1.10 bits per heavy atom. The molecule has 0 saturated carbocycles. The van der Waals surface area contributed by atoms with Crippen molar-refractivity contribution in [3.8, 4) is 0 Å². The third-order valence-electron chi connectivity index (χ3n) is 4.89. The van der Waals surface area contributed by atoms with E-state index in [0.29, 0.717) is 12.0 Å². The van der Waals surface area contributed by atoms with Gasteiger partial charge in [0.25, 0.3) is 5.69 Å². The molecular formula is C24H31N3O4. The zero-order chi connectivity index (χ0) is 23.2. The van der Waals surface area contributed by atoms with Gasteiger partial charge in [-0.2, -0.15) is 0 Å². The van der Waals surface area contributed by atoms with Crippen LogP contribution in [0.2, 0.25) is 0 Å². The van der Waals surface area contributed by atoms with E-state index in [2.05, 4.69) is 5.32 Å². The van der Waals surface area contributed by atoms with Crippen LogP contribution >= 0.6 is 0 Å². The van der Waals surface area contributed by atoms with Crippen molar-refractivity contribution in [1.82, 2.24) is 10.2 Å². The van der Waals surface area contributed by atoms with Crippen LogP contribution in [-0.2, 0) is 22.6 Å². The van der Waals surface area contributed by atoms with E-state index >= 15 is 0 Å². The fourth-order valence-electron chi connectivity index (χ4n) is 3.37. The second-order valence-electron chi connectivity index (χ2n) is 8.73. The summed E-state index contributed by atoms with van der Waals surface area (Å²) in [7, 11) is 0. The number of nitrogens with zero attached hydrogens (tertiary/aromatic N) is 2. The number of rotatable bonds is 8. The standard InChI is InChI=1S/C24H31N3O4/c1-6-20(23(29)25-24(3,4)5)26(16-18-13-11-17(2)12-14-18)22(28)15-19-9-7-8-10-21(19)27(30)31/h7-14,20H,6,15-16H2,1-5H3,(H,25,29)/t20-/m0/s1. The first kappa shape index (κ1) is 24.1. The topological polar surface area (TPSA) is 92.6 Å². The first-order valence-corrected chi connectivity index (χ1v) is 10.4. The van der Waals surface area contributed by atoms with Crippen LogP contribution in [0.1, 0.15) is 50.8 Å². The normalized spacial score (nSPS) is 12.2. The molecule has 0 aromatic heterocycles. The van der Waals surface area contributed by atoms with E-state index in [1.165, 1.54) is 11.0 Å². The van der Waals surface area contributed by atoms with Gasteiger partial charge in [0.1, 0.15) is 6.04 Å². The van der Waals surface area contributed by atoms with Crippen molar-refractivity contribution in [2.45, 2.75) is 65.6 Å². The third kappa shape index (κ3) is 6.91. The summed E-state index contributed by atoms with van der Waals surface area (Å²) >= 11 is 0. The molecule has 166 valence electrons. The van der Waals surface area contributed by atoms with Crippen LogP contribution in [0.4, 0.5) is 5.69 Å². The first-order chi connectivity index (χ1) is 14.5. The number of carbonyl (C=O) groups is 2. The summed E-state index contributed by atoms with van der Waals surface area (Å²) in [6, 6.07) is 13.3. The third-order valence-corrected chi connectivity index (χ3v) is 4.89. The van der Waals surface area contributed by atoms with E-state index in [1.807, 2.05) is 58.9 Å². The smallest absolute Gasteiger partial charge is 0.273 e. The lowest BCUT2D eigenvalue weighted by Gasteiger charge is -2.33. The second-order valence-corrected chi connectivity index (χ2v) is 8.73. The molecule has 0 radical (unpaired) electrons. The van der Waals surface area contributed by atoms with Gasteiger partial charge in [-0.3, -0.25) is 19.7 Å². The SMILES string of the molecule is CC[C@@H](C(=O)NC(C)(C)C)N(Cc1ccc(C)cc1)C(=O)Cc1ccccc1[N+](=O)[O-]. The summed E-state index contributed by atoms with van der Waals surface area (Å²) in [5, 5.41) is 14.3. The van der Waals surface area contributed by atoms with Crippen molar-refractivity contribution in [1.29, 1.82) is 0 Å². The zero-order valence-corrected chi connectivity index (χ0v) is 18.8. The minimum Gasteiger partial charge on any atom is -0.350 e. The maximum absolute atomic E-state index is 13.4. The molecule has 2 amide bonds. The molecule has 0 spiro atoms. The van der Waals surface area contributed by atoms with E-state index in [-0.39, 0.29) is 30.5 Å². The average molecular weight is 426 g/mol. The zero-order valence-electron chi connectivity index (χ0n) is 18.8. The largest absolute Gasteiger partial charge is 0.350 e. The number of amides is 2. The van der Waals surface area contributed by atoms with E-state index in [9.17, 15) is 19.7 Å². The number of carbonyl (C=O) groups excluding carboxylic acids is 2. The summed E-state index contributed by atoms with van der Waals surface area (Å²) in [5.74, 6) is -0.566. The van der Waals surface area contributed by atoms with Crippen LogP contribution in [0.25, 0.3) is 0 Å². The van der Waals surface area contributed by atoms with Crippen molar-refractivity contribution in [3.63, 3.8) is 0 Å². The molecule has 2 aromatic carbocycles. The van der Waals surface area contributed by atoms with E-state index in [0.717, 1.165) is 11.1 Å². The molecule has 0 unspecified atom stereocenters. The highest BCUT2D eigenvalue weighted by molar-refractivity contribution is 5.89. The number of hydrogen-bond acceptors (Lipinski definition) is 4. The van der Waals surface area contributed by atoms with Crippen molar-refractivity contribution in [2.75, 3.05) is 0 Å². The molecule has 2 aromatic rings. The number of nitrogens with one attached hydrogen (secondary N) is 1. The molecule has 0 aliphatic rings. The van der Waals surface area contributed by atoms with Crippen molar-refractivity contribution >= 4 is 17.5 Å². The van der Waals surface area contributed by atoms with Gasteiger partial charge in [0.2, 0.25) is 11.8 Å². The van der Waals surface area contributed by atoms with Gasteiger partial charge in [-0.1, -0.05) is 55.0 Å². The van der Waals surface area contributed by atoms with Crippen LogP contribution in [0, 0.1) is 17.0 Å². The number of hydrogen-bond donors (Lipinski definition) is 1. The minimum atomic E-state index is -0.684. The minimum absolute atomic E-state index is 0.0988. The molecule has 0 bridgehead atoms. The lowest BCUT2D eigenvalue weighted by atomic mass is 10.0. The van der Waals surface area contributed by atoms with Gasteiger partial charge in [0.05, 0.1) is 11.3 Å². The van der Waals surface area contributed by atoms with Crippen molar-refractivity contribution in [3.05, 3.63) is 75.3 Å². The van der Waals surface area contributed by atoms with Gasteiger partial charge in [-0.05, 0) is 39.7 Å². The molecule has 0 heterocycles. The van der Waals surface area contributed by atoms with E-state index in [1.54, 1.807) is 18.2 Å². The molecule has 0 saturated heterocycles. The van der Waals surface area contributed by atoms with E-state index < -0.39 is 16.5 Å². The van der Waals surface area contributed by atoms with E-state index in [4.69, 9.17) is 0 Å². The molecule has 0 aliphatic carbocycles. The lowest BCUT2D eigenvalue weighted by molar-refractivity contribution is -0.385. The van der Waals surface area contributed by atoms with Crippen molar-refractivity contribution < 1.29 is 14.5 Å². The lowest BCUT2D eigenvalue weighted by Crippen LogP contribution is -2.53. The maximum Gasteiger partial charge on any atom is 0.273 e. The fraction of sp³-hybridized carbons (Fsp3) is 0.417. The van der Waals surface area contributed by atoms with Gasteiger partial charge in [0.15, 0.2) is 0 Å². The Hall–Kier alpha value is -3.22. The maximum atomic E-state index is 13.4. The Balaban J connectivity index is 2.38. The monoisotopic (exact) mass is 425 g/mol. The molecule has 1 N–H and O–H groups in total. The molecule has 0 aliphatic heterocycles. The van der Waals surface area contributed by atoms with Gasteiger partial charge >= 0.3 is 0 Å². The number of aryl methyl sites for hydroxylation is 1. The average Bonchev–Trinajstić information content (AvgIpc) is 2.68. The quantitative estimate of drug-likeness (QED) is 0.507. The molecule has 7 heteroatoms. The second kappa shape index (κ2) is 10.2. The summed E-state index contributed by atoms with van der Waals surface area (Å²) in [6.45, 7) is 9.74. The summed E-state index contributed by atoms with van der Waals surface area (Å²) in [6.07, 6.45) is 0.276. The van der Waals surface area contributed by atoms with Crippen molar-refractivity contribution in [2.24, 2.45) is 0 Å². The molecule has 0 fully saturated rings. The fourth-order valence-corrected chi connectivity index (χ4v) is 3.37. The Morgan fingerprint density at radius 3 is 2.26 bits per heavy atom. The first-order valence-electron chi connectivity index (χ1n) is 10.4. The highest BCUT2D eigenvalue weighted by Crippen LogP contribution is 2.21. The Kier molecular flexibility index (Phi) is 7.91. The van der Waals surface area contributed by atoms with Gasteiger partial charge < -0.3 is 10.2 Å². The highest BCUT2D eigenvalue weighted by atomic mass is 16.6. The molecule has 31 heavy (non-hydrogen) atoms. The summed E-state index contributed by atoms with van der Waals surface area (Å²) in [5.41, 5.74) is 1.78. The molecular weight excluding hydrogens is 394 g/mol. The van der Waals surface area contributed by atoms with Crippen LogP contribution in [0.5, 0.6) is 0 Å². The highest BCUT2D eigenvalue weighted by Gasteiger charge is 2.31. The predicted molar refractivity (Wildman–Crippen MR) is 121 cm³/mol. The molecule has 7 nitrogen and oxygen atoms in total. The molecule has 1 atom stereocenters. The van der Waals surface area contributed by atoms with Crippen LogP contribution in [0.3, 0.4) is 0 Å². The van der Waals surface area contributed by atoms with Crippen LogP contribution < -0.4 is 5.32 Å². The summed E-state index contributed by atoms with van der Waals surface area (Å²) < 4.78 is 0. The van der Waals surface area contributed by atoms with Gasteiger partial charge in [-0.25, -0.2) is 0 Å². The van der Waals surface area contributed by atoms with Crippen LogP contribution in [-0.4, -0.2) is 33.2 Å². The Morgan fingerprint density at radius 2 is 1.71 bits per heavy atom. The Bertz CT molecular complexity index is 933. The molecule has 2 rings (SSSR count). The predicted octanol–water partition coefficient (Wildman–Crippen LogP) is 4.17. The van der Waals surface area contributed by atoms with Crippen LogP contribution in [0.15, 0.2) is 48.5 Å². The number of nitro groups is 1. The van der Waals surface area contributed by atoms with Gasteiger partial charge in [0, 0.05) is 23.7 Å². The summed E-state index contributed by atoms with van der Waals surface area (Å²) in [4.78, 5) is 38.8. The number of nitro benzene ring substituents is 1.